The smallest absolute Gasteiger partial charge is 0.407 e. The van der Waals surface area contributed by atoms with E-state index < -0.39 is 11.6 Å². The molecule has 1 aliphatic rings. The summed E-state index contributed by atoms with van der Waals surface area (Å²) in [5, 5.41) is 2.94. The van der Waals surface area contributed by atoms with Crippen LogP contribution in [0.3, 0.4) is 0 Å². The fraction of sp³-hybridized carbons (Fsp3) is 0.611. The van der Waals surface area contributed by atoms with Gasteiger partial charge in [0.05, 0.1) is 7.11 Å². The summed E-state index contributed by atoms with van der Waals surface area (Å²) < 4.78 is 10.0. The molecule has 0 aromatic carbocycles. The van der Waals surface area contributed by atoms with E-state index in [1.807, 2.05) is 26.8 Å². The summed E-state index contributed by atoms with van der Waals surface area (Å²) in [5.74, 6) is -0.440. The number of rotatable bonds is 4. The maximum atomic E-state index is 11.9. The van der Waals surface area contributed by atoms with E-state index in [1.165, 1.54) is 7.11 Å². The lowest BCUT2D eigenvalue weighted by molar-refractivity contribution is 0.0469. The molecule has 1 aromatic heterocycles. The summed E-state index contributed by atoms with van der Waals surface area (Å²) in [6.07, 6.45) is 3.16. The van der Waals surface area contributed by atoms with Gasteiger partial charge in [-0.3, -0.25) is 4.90 Å². The standard InChI is InChI=1S/C18H27N3O4/c1-18(2,3)25-17(23)20-14-6-5-9-21(12-14)11-13-7-8-19-15(10-13)16(22)24-4/h7-8,10,14H,5-6,9,11-12H2,1-4H3,(H,20,23)/t14-/m1/s1. The zero-order valence-corrected chi connectivity index (χ0v) is 15.4. The Morgan fingerprint density at radius 2 is 2.16 bits per heavy atom. The van der Waals surface area contributed by atoms with E-state index in [-0.39, 0.29) is 12.1 Å². The monoisotopic (exact) mass is 349 g/mol. The highest BCUT2D eigenvalue weighted by Gasteiger charge is 2.24. The van der Waals surface area contributed by atoms with Crippen molar-refractivity contribution in [3.8, 4) is 0 Å². The Bertz CT molecular complexity index is 613. The number of carbonyl (C=O) groups is 2. The van der Waals surface area contributed by atoms with Crippen LogP contribution in [0.4, 0.5) is 4.79 Å². The number of carbonyl (C=O) groups excluding carboxylic acids is 2. The molecule has 0 saturated carbocycles. The minimum atomic E-state index is -0.500. The highest BCUT2D eigenvalue weighted by molar-refractivity contribution is 5.87. The molecule has 0 bridgehead atoms. The quantitative estimate of drug-likeness (QED) is 0.841. The van der Waals surface area contributed by atoms with Gasteiger partial charge in [0.15, 0.2) is 0 Å². The van der Waals surface area contributed by atoms with Gasteiger partial charge in [-0.25, -0.2) is 14.6 Å². The van der Waals surface area contributed by atoms with Crippen LogP contribution in [0.1, 0.15) is 49.7 Å². The van der Waals surface area contributed by atoms with Gasteiger partial charge in [-0.1, -0.05) is 0 Å². The Balaban J connectivity index is 1.91. The first kappa shape index (κ1) is 19.2. The molecule has 2 heterocycles. The zero-order chi connectivity index (χ0) is 18.4. The van der Waals surface area contributed by atoms with Crippen molar-refractivity contribution in [2.45, 2.75) is 51.8 Å². The minimum absolute atomic E-state index is 0.0607. The van der Waals surface area contributed by atoms with Gasteiger partial charge in [0.1, 0.15) is 11.3 Å². The third-order valence-corrected chi connectivity index (χ3v) is 3.85. The predicted molar refractivity (Wildman–Crippen MR) is 93.2 cm³/mol. The third-order valence-electron chi connectivity index (χ3n) is 3.85. The lowest BCUT2D eigenvalue weighted by atomic mass is 10.0. The number of piperidine rings is 1. The molecule has 138 valence electrons. The Hall–Kier alpha value is -2.15. The Morgan fingerprint density at radius 3 is 2.84 bits per heavy atom. The van der Waals surface area contributed by atoms with E-state index >= 15 is 0 Å². The predicted octanol–water partition coefficient (Wildman–Crippen LogP) is 2.36. The molecule has 1 N–H and O–H groups in total. The lowest BCUT2D eigenvalue weighted by Gasteiger charge is -2.33. The minimum Gasteiger partial charge on any atom is -0.464 e. The molecule has 0 unspecified atom stereocenters. The van der Waals surface area contributed by atoms with Crippen molar-refractivity contribution in [2.75, 3.05) is 20.2 Å². The summed E-state index contributed by atoms with van der Waals surface area (Å²) in [7, 11) is 1.34. The molecule has 2 rings (SSSR count). The molecule has 1 fully saturated rings. The van der Waals surface area contributed by atoms with Crippen molar-refractivity contribution in [1.29, 1.82) is 0 Å². The number of aromatic nitrogens is 1. The second-order valence-electron chi connectivity index (χ2n) is 7.26. The van der Waals surface area contributed by atoms with Crippen molar-refractivity contribution in [3.63, 3.8) is 0 Å². The number of methoxy groups -OCH3 is 1. The summed E-state index contributed by atoms with van der Waals surface area (Å²) in [5.41, 5.74) is 0.800. The molecule has 7 heteroatoms. The molecule has 25 heavy (non-hydrogen) atoms. The molecule has 1 aromatic rings. The number of esters is 1. The number of nitrogens with zero attached hydrogens (tertiary/aromatic N) is 2. The molecule has 0 radical (unpaired) electrons. The summed E-state index contributed by atoms with van der Waals surface area (Å²) in [6.45, 7) is 7.93. The van der Waals surface area contributed by atoms with E-state index in [4.69, 9.17) is 9.47 Å². The van der Waals surface area contributed by atoms with E-state index in [2.05, 4.69) is 15.2 Å². The van der Waals surface area contributed by atoms with E-state index in [1.54, 1.807) is 12.3 Å². The Kier molecular flexibility index (Phi) is 6.36. The number of hydrogen-bond acceptors (Lipinski definition) is 6. The number of alkyl carbamates (subject to hydrolysis) is 1. The van der Waals surface area contributed by atoms with Crippen LogP contribution in [-0.2, 0) is 16.0 Å². The Morgan fingerprint density at radius 1 is 1.40 bits per heavy atom. The van der Waals surface area contributed by atoms with Crippen LogP contribution in [0, 0.1) is 0 Å². The van der Waals surface area contributed by atoms with Crippen molar-refractivity contribution < 1.29 is 19.1 Å². The number of ether oxygens (including phenoxy) is 2. The highest BCUT2D eigenvalue weighted by atomic mass is 16.6. The van der Waals surface area contributed by atoms with Crippen LogP contribution in [0.15, 0.2) is 18.3 Å². The molecular formula is C18H27N3O4. The average Bonchev–Trinajstić information content (AvgIpc) is 2.52. The zero-order valence-electron chi connectivity index (χ0n) is 15.4. The topological polar surface area (TPSA) is 80.8 Å². The number of nitrogens with one attached hydrogen (secondary N) is 1. The molecular weight excluding hydrogens is 322 g/mol. The van der Waals surface area contributed by atoms with Crippen LogP contribution in [0.25, 0.3) is 0 Å². The van der Waals surface area contributed by atoms with Crippen molar-refractivity contribution >= 4 is 12.1 Å². The van der Waals surface area contributed by atoms with Crippen molar-refractivity contribution in [3.05, 3.63) is 29.6 Å². The number of amides is 1. The van der Waals surface area contributed by atoms with Gasteiger partial charge in [0.2, 0.25) is 0 Å². The van der Waals surface area contributed by atoms with Gasteiger partial charge >= 0.3 is 12.1 Å². The van der Waals surface area contributed by atoms with Gasteiger partial charge < -0.3 is 14.8 Å². The van der Waals surface area contributed by atoms with Gasteiger partial charge in [-0.2, -0.15) is 0 Å². The van der Waals surface area contributed by atoms with Crippen LogP contribution >= 0.6 is 0 Å². The summed E-state index contributed by atoms with van der Waals surface area (Å²) >= 11 is 0. The molecule has 1 amide bonds. The van der Waals surface area contributed by atoms with E-state index in [0.717, 1.165) is 31.5 Å². The van der Waals surface area contributed by atoms with Gasteiger partial charge in [0, 0.05) is 25.3 Å². The number of hydrogen-bond donors (Lipinski definition) is 1. The van der Waals surface area contributed by atoms with Crippen LogP contribution < -0.4 is 5.32 Å². The first-order valence-electron chi connectivity index (χ1n) is 8.52. The fourth-order valence-electron chi connectivity index (χ4n) is 2.84. The Labute approximate surface area is 148 Å². The second kappa shape index (κ2) is 8.29. The molecule has 1 saturated heterocycles. The maximum Gasteiger partial charge on any atom is 0.407 e. The largest absolute Gasteiger partial charge is 0.464 e. The summed E-state index contributed by atoms with van der Waals surface area (Å²) in [6, 6.07) is 3.69. The first-order chi connectivity index (χ1) is 11.8. The molecule has 1 aliphatic heterocycles. The van der Waals surface area contributed by atoms with Crippen LogP contribution in [0.5, 0.6) is 0 Å². The van der Waals surface area contributed by atoms with Gasteiger partial charge in [-0.15, -0.1) is 0 Å². The molecule has 0 spiro atoms. The average molecular weight is 349 g/mol. The molecule has 7 nitrogen and oxygen atoms in total. The van der Waals surface area contributed by atoms with Crippen LogP contribution in [-0.4, -0.2) is 53.8 Å². The van der Waals surface area contributed by atoms with Crippen LogP contribution in [0.2, 0.25) is 0 Å². The fourth-order valence-corrected chi connectivity index (χ4v) is 2.84. The maximum absolute atomic E-state index is 11.9. The highest BCUT2D eigenvalue weighted by Crippen LogP contribution is 2.15. The van der Waals surface area contributed by atoms with Crippen molar-refractivity contribution in [1.82, 2.24) is 15.2 Å². The van der Waals surface area contributed by atoms with Gasteiger partial charge in [0.25, 0.3) is 0 Å². The second-order valence-corrected chi connectivity index (χ2v) is 7.26. The SMILES string of the molecule is COC(=O)c1cc(CN2CCC[C@@H](NC(=O)OC(C)(C)C)C2)ccn1. The summed E-state index contributed by atoms with van der Waals surface area (Å²) in [4.78, 5) is 29.8. The normalized spacial score (nSPS) is 18.5. The van der Waals surface area contributed by atoms with E-state index in [9.17, 15) is 9.59 Å². The van der Waals surface area contributed by atoms with Crippen molar-refractivity contribution in [2.24, 2.45) is 0 Å². The number of likely N-dealkylation sites (tertiary alicyclic amines) is 1. The van der Waals surface area contributed by atoms with E-state index in [0.29, 0.717) is 12.2 Å². The van der Waals surface area contributed by atoms with Gasteiger partial charge in [-0.05, 0) is 57.9 Å². The molecule has 0 aliphatic carbocycles. The lowest BCUT2D eigenvalue weighted by Crippen LogP contribution is -2.48. The number of pyridine rings is 1. The first-order valence-corrected chi connectivity index (χ1v) is 8.52. The molecule has 1 atom stereocenters. The third kappa shape index (κ3) is 6.34.